The molecule has 1 N–H and O–H groups in total. The molecule has 2 unspecified atom stereocenters. The average molecular weight is 130 g/mol. The van der Waals surface area contributed by atoms with Crippen molar-refractivity contribution in [2.75, 3.05) is 13.2 Å². The Morgan fingerprint density at radius 3 is 2.78 bits per heavy atom. The summed E-state index contributed by atoms with van der Waals surface area (Å²) in [5.41, 5.74) is 0. The van der Waals surface area contributed by atoms with Gasteiger partial charge in [-0.3, -0.25) is 0 Å². The summed E-state index contributed by atoms with van der Waals surface area (Å²) in [6.07, 6.45) is 2.04. The number of aliphatic hydroxyl groups is 1. The van der Waals surface area contributed by atoms with Gasteiger partial charge in [-0.25, -0.2) is 0 Å². The van der Waals surface area contributed by atoms with Gasteiger partial charge in [0.05, 0.1) is 12.7 Å². The maximum absolute atomic E-state index is 9.10. The van der Waals surface area contributed by atoms with E-state index in [9.17, 15) is 0 Å². The molecule has 0 radical (unpaired) electrons. The molecule has 1 aliphatic rings. The van der Waals surface area contributed by atoms with Crippen LogP contribution in [-0.2, 0) is 4.74 Å². The maximum atomic E-state index is 9.10. The highest BCUT2D eigenvalue weighted by Crippen LogP contribution is 2.16. The SMILES string of the molecule is CC(O)C1CCCOC1. The Labute approximate surface area is 55.8 Å². The van der Waals surface area contributed by atoms with Crippen molar-refractivity contribution in [2.24, 2.45) is 5.92 Å². The summed E-state index contributed by atoms with van der Waals surface area (Å²) in [5.74, 6) is 0.388. The molecule has 0 aromatic rings. The van der Waals surface area contributed by atoms with E-state index in [0.717, 1.165) is 26.1 Å². The van der Waals surface area contributed by atoms with Crippen LogP contribution < -0.4 is 0 Å². The maximum Gasteiger partial charge on any atom is 0.0562 e. The minimum absolute atomic E-state index is 0.190. The fourth-order valence-corrected chi connectivity index (χ4v) is 1.15. The van der Waals surface area contributed by atoms with Crippen molar-refractivity contribution in [3.63, 3.8) is 0 Å². The molecule has 1 fully saturated rings. The number of ether oxygens (including phenoxy) is 1. The largest absolute Gasteiger partial charge is 0.393 e. The Morgan fingerprint density at radius 1 is 1.67 bits per heavy atom. The average Bonchev–Trinajstić information content (AvgIpc) is 1.90. The van der Waals surface area contributed by atoms with E-state index in [1.165, 1.54) is 0 Å². The van der Waals surface area contributed by atoms with Crippen LogP contribution in [-0.4, -0.2) is 24.4 Å². The van der Waals surface area contributed by atoms with Gasteiger partial charge in [0, 0.05) is 12.5 Å². The zero-order valence-corrected chi connectivity index (χ0v) is 5.84. The van der Waals surface area contributed by atoms with Gasteiger partial charge in [-0.15, -0.1) is 0 Å². The molecule has 9 heavy (non-hydrogen) atoms. The minimum atomic E-state index is -0.190. The molecule has 0 aliphatic carbocycles. The first-order chi connectivity index (χ1) is 4.30. The smallest absolute Gasteiger partial charge is 0.0562 e. The molecular weight excluding hydrogens is 116 g/mol. The van der Waals surface area contributed by atoms with Crippen molar-refractivity contribution in [2.45, 2.75) is 25.9 Å². The summed E-state index contributed by atoms with van der Waals surface area (Å²) >= 11 is 0. The first-order valence-corrected chi connectivity index (χ1v) is 3.56. The van der Waals surface area contributed by atoms with E-state index in [-0.39, 0.29) is 6.10 Å². The molecule has 2 atom stereocenters. The van der Waals surface area contributed by atoms with E-state index < -0.39 is 0 Å². The van der Waals surface area contributed by atoms with E-state index in [1.54, 1.807) is 0 Å². The molecule has 2 nitrogen and oxygen atoms in total. The third kappa shape index (κ3) is 1.95. The van der Waals surface area contributed by atoms with E-state index in [2.05, 4.69) is 0 Å². The topological polar surface area (TPSA) is 29.5 Å². The highest BCUT2D eigenvalue weighted by Gasteiger charge is 2.17. The lowest BCUT2D eigenvalue weighted by Crippen LogP contribution is -2.26. The van der Waals surface area contributed by atoms with Crippen LogP contribution in [0.15, 0.2) is 0 Å². The van der Waals surface area contributed by atoms with Gasteiger partial charge in [0.2, 0.25) is 0 Å². The van der Waals surface area contributed by atoms with Crippen molar-refractivity contribution in [1.82, 2.24) is 0 Å². The van der Waals surface area contributed by atoms with Gasteiger partial charge in [0.15, 0.2) is 0 Å². The summed E-state index contributed by atoms with van der Waals surface area (Å²) in [6, 6.07) is 0. The summed E-state index contributed by atoms with van der Waals surface area (Å²) in [7, 11) is 0. The molecule has 1 heterocycles. The van der Waals surface area contributed by atoms with Crippen molar-refractivity contribution in [3.05, 3.63) is 0 Å². The first-order valence-electron chi connectivity index (χ1n) is 3.56. The van der Waals surface area contributed by atoms with Gasteiger partial charge < -0.3 is 9.84 Å². The Bertz CT molecular complexity index is 75.0. The Morgan fingerprint density at radius 2 is 2.44 bits per heavy atom. The van der Waals surface area contributed by atoms with Crippen molar-refractivity contribution < 1.29 is 9.84 Å². The van der Waals surface area contributed by atoms with Crippen molar-refractivity contribution in [3.8, 4) is 0 Å². The van der Waals surface area contributed by atoms with Crippen LogP contribution >= 0.6 is 0 Å². The highest BCUT2D eigenvalue weighted by molar-refractivity contribution is 4.67. The van der Waals surface area contributed by atoms with Gasteiger partial charge >= 0.3 is 0 Å². The fourth-order valence-electron chi connectivity index (χ4n) is 1.15. The van der Waals surface area contributed by atoms with Gasteiger partial charge in [-0.05, 0) is 19.8 Å². The Balaban J connectivity index is 2.23. The molecule has 0 spiro atoms. The molecule has 1 rings (SSSR count). The van der Waals surface area contributed by atoms with Gasteiger partial charge in [0.1, 0.15) is 0 Å². The number of hydrogen-bond acceptors (Lipinski definition) is 2. The van der Waals surface area contributed by atoms with Crippen LogP contribution in [0.4, 0.5) is 0 Å². The van der Waals surface area contributed by atoms with Crippen LogP contribution in [0.3, 0.4) is 0 Å². The lowest BCUT2D eigenvalue weighted by atomic mass is 9.97. The van der Waals surface area contributed by atoms with Gasteiger partial charge in [-0.1, -0.05) is 0 Å². The van der Waals surface area contributed by atoms with E-state index in [1.807, 2.05) is 6.92 Å². The lowest BCUT2D eigenvalue weighted by Gasteiger charge is -2.23. The monoisotopic (exact) mass is 130 g/mol. The second-order valence-corrected chi connectivity index (χ2v) is 2.72. The molecule has 2 heteroatoms. The van der Waals surface area contributed by atoms with E-state index in [4.69, 9.17) is 9.84 Å². The van der Waals surface area contributed by atoms with Crippen LogP contribution in [0.25, 0.3) is 0 Å². The molecule has 0 saturated carbocycles. The number of rotatable bonds is 1. The van der Waals surface area contributed by atoms with Crippen LogP contribution in [0, 0.1) is 5.92 Å². The molecule has 1 aliphatic heterocycles. The summed E-state index contributed by atoms with van der Waals surface area (Å²) in [4.78, 5) is 0. The van der Waals surface area contributed by atoms with Gasteiger partial charge in [0.25, 0.3) is 0 Å². The summed E-state index contributed by atoms with van der Waals surface area (Å²) in [5, 5.41) is 9.10. The predicted octanol–water partition coefficient (Wildman–Crippen LogP) is 0.794. The molecule has 1 saturated heterocycles. The molecule has 0 amide bonds. The van der Waals surface area contributed by atoms with E-state index in [0.29, 0.717) is 5.92 Å². The minimum Gasteiger partial charge on any atom is -0.393 e. The first kappa shape index (κ1) is 7.03. The molecule has 0 aromatic heterocycles. The Kier molecular flexibility index (Phi) is 2.49. The third-order valence-corrected chi connectivity index (χ3v) is 1.88. The number of aliphatic hydroxyl groups excluding tert-OH is 1. The molecule has 54 valence electrons. The van der Waals surface area contributed by atoms with Crippen LogP contribution in [0.1, 0.15) is 19.8 Å². The lowest BCUT2D eigenvalue weighted by molar-refractivity contribution is -0.00174. The summed E-state index contributed by atoms with van der Waals surface area (Å²) in [6.45, 7) is 3.46. The van der Waals surface area contributed by atoms with Crippen molar-refractivity contribution >= 4 is 0 Å². The molecular formula is C7H14O2. The van der Waals surface area contributed by atoms with Crippen molar-refractivity contribution in [1.29, 1.82) is 0 Å². The molecule has 0 aromatic carbocycles. The third-order valence-electron chi connectivity index (χ3n) is 1.88. The standard InChI is InChI=1S/C7H14O2/c1-6(8)7-3-2-4-9-5-7/h6-8H,2-5H2,1H3. The zero-order chi connectivity index (χ0) is 6.69. The summed E-state index contributed by atoms with van der Waals surface area (Å²) < 4.78 is 5.18. The fraction of sp³-hybridized carbons (Fsp3) is 1.00. The second kappa shape index (κ2) is 3.18. The predicted molar refractivity (Wildman–Crippen MR) is 35.2 cm³/mol. The highest BCUT2D eigenvalue weighted by atomic mass is 16.5. The zero-order valence-electron chi connectivity index (χ0n) is 5.84. The normalized spacial score (nSPS) is 32.0. The molecule has 0 bridgehead atoms. The quantitative estimate of drug-likeness (QED) is 0.568. The van der Waals surface area contributed by atoms with Crippen LogP contribution in [0.2, 0.25) is 0 Å². The van der Waals surface area contributed by atoms with E-state index >= 15 is 0 Å². The Hall–Kier alpha value is -0.0800. The number of hydrogen-bond donors (Lipinski definition) is 1. The van der Waals surface area contributed by atoms with Gasteiger partial charge in [-0.2, -0.15) is 0 Å². The van der Waals surface area contributed by atoms with Crippen LogP contribution in [0.5, 0.6) is 0 Å². The second-order valence-electron chi connectivity index (χ2n) is 2.72.